The molecule has 2 aliphatic carbocycles. The largest absolute Gasteiger partial charge is 0.325 e. The van der Waals surface area contributed by atoms with E-state index in [2.05, 4.69) is 5.32 Å². The first-order valence-corrected chi connectivity index (χ1v) is 8.72. The Balaban J connectivity index is 1.42. The maximum Gasteiger partial charge on any atom is 0.244 e. The van der Waals surface area contributed by atoms with Crippen LogP contribution in [0.4, 0.5) is 5.69 Å². The Bertz CT molecular complexity index is 742. The standard InChI is InChI=1S/C19H20N2O4/c1-10(22)11-4-6-14(7-5-11)20-15(23)9-21-18(24)16-12-2-3-13(8-12)17(16)19(21)25/h4-7,12-13,16-17H,2-3,8-9H2,1H3,(H,20,23). The first-order valence-electron chi connectivity index (χ1n) is 8.72. The van der Waals surface area contributed by atoms with Gasteiger partial charge in [0.25, 0.3) is 0 Å². The zero-order valence-electron chi connectivity index (χ0n) is 14.0. The second kappa shape index (κ2) is 5.79. The summed E-state index contributed by atoms with van der Waals surface area (Å²) in [7, 11) is 0. The van der Waals surface area contributed by atoms with E-state index < -0.39 is 5.91 Å². The molecule has 4 atom stereocenters. The highest BCUT2D eigenvalue weighted by atomic mass is 16.2. The van der Waals surface area contributed by atoms with Gasteiger partial charge in [-0.25, -0.2) is 0 Å². The summed E-state index contributed by atoms with van der Waals surface area (Å²) < 4.78 is 0. The van der Waals surface area contributed by atoms with Gasteiger partial charge in [0.05, 0.1) is 11.8 Å². The van der Waals surface area contributed by atoms with Crippen molar-refractivity contribution in [3.05, 3.63) is 29.8 Å². The predicted octanol–water partition coefficient (Wildman–Crippen LogP) is 1.86. The molecule has 2 bridgehead atoms. The number of benzene rings is 1. The highest BCUT2D eigenvalue weighted by Crippen LogP contribution is 2.56. The van der Waals surface area contributed by atoms with Gasteiger partial charge in [0.1, 0.15) is 6.54 Å². The third kappa shape index (κ3) is 2.56. The number of nitrogens with one attached hydrogen (secondary N) is 1. The van der Waals surface area contributed by atoms with E-state index in [-0.39, 0.29) is 36.0 Å². The number of fused-ring (bicyclic) bond motifs is 5. The summed E-state index contributed by atoms with van der Waals surface area (Å²) in [4.78, 5) is 49.8. The molecule has 1 aromatic rings. The van der Waals surface area contributed by atoms with Crippen molar-refractivity contribution in [1.82, 2.24) is 4.90 Å². The monoisotopic (exact) mass is 340 g/mol. The quantitative estimate of drug-likeness (QED) is 0.670. The summed E-state index contributed by atoms with van der Waals surface area (Å²) in [6.07, 6.45) is 3.02. The fourth-order valence-electron chi connectivity index (χ4n) is 4.76. The highest BCUT2D eigenvalue weighted by molar-refractivity contribution is 6.09. The first-order chi connectivity index (χ1) is 12.0. The topological polar surface area (TPSA) is 83.6 Å². The number of carbonyl (C=O) groups is 4. The zero-order valence-corrected chi connectivity index (χ0v) is 14.0. The van der Waals surface area contributed by atoms with Crippen LogP contribution in [-0.2, 0) is 14.4 Å². The van der Waals surface area contributed by atoms with E-state index in [1.54, 1.807) is 24.3 Å². The molecule has 3 amide bonds. The zero-order chi connectivity index (χ0) is 17.7. The lowest BCUT2D eigenvalue weighted by Crippen LogP contribution is -2.39. The molecule has 1 aromatic carbocycles. The number of likely N-dealkylation sites (tertiary alicyclic amines) is 1. The van der Waals surface area contributed by atoms with Gasteiger partial charge in [-0.2, -0.15) is 0 Å². The van der Waals surface area contributed by atoms with Crippen LogP contribution in [0.1, 0.15) is 36.5 Å². The number of Topliss-reactive ketones (excluding diaryl/α,β-unsaturated/α-hetero) is 1. The Morgan fingerprint density at radius 2 is 1.60 bits per heavy atom. The highest BCUT2D eigenvalue weighted by Gasteiger charge is 2.60. The Morgan fingerprint density at radius 3 is 2.12 bits per heavy atom. The van der Waals surface area contributed by atoms with Crippen molar-refractivity contribution in [3.63, 3.8) is 0 Å². The molecule has 1 aliphatic heterocycles. The molecule has 6 nitrogen and oxygen atoms in total. The molecule has 25 heavy (non-hydrogen) atoms. The van der Waals surface area contributed by atoms with Crippen LogP contribution in [0.3, 0.4) is 0 Å². The number of rotatable bonds is 4. The smallest absolute Gasteiger partial charge is 0.244 e. The predicted molar refractivity (Wildman–Crippen MR) is 89.6 cm³/mol. The second-order valence-corrected chi connectivity index (χ2v) is 7.33. The van der Waals surface area contributed by atoms with E-state index >= 15 is 0 Å². The summed E-state index contributed by atoms with van der Waals surface area (Å²) in [5.74, 6) is -0.564. The normalized spacial score (nSPS) is 29.9. The number of hydrogen-bond donors (Lipinski definition) is 1. The molecular weight excluding hydrogens is 320 g/mol. The third-order valence-corrected chi connectivity index (χ3v) is 5.90. The molecule has 2 saturated carbocycles. The van der Waals surface area contributed by atoms with Crippen molar-refractivity contribution in [2.75, 3.05) is 11.9 Å². The summed E-state index contributed by atoms with van der Waals surface area (Å²) in [5, 5.41) is 2.68. The van der Waals surface area contributed by atoms with E-state index in [0.29, 0.717) is 23.1 Å². The molecule has 4 unspecified atom stereocenters. The molecular formula is C19H20N2O4. The SMILES string of the molecule is CC(=O)c1ccc(NC(=O)CN2C(=O)C3C4CCC(C4)C3C2=O)cc1. The first kappa shape index (κ1) is 16.0. The van der Waals surface area contributed by atoms with Crippen LogP contribution >= 0.6 is 0 Å². The molecule has 3 fully saturated rings. The Morgan fingerprint density at radius 1 is 1.04 bits per heavy atom. The Hall–Kier alpha value is -2.50. The van der Waals surface area contributed by atoms with E-state index in [4.69, 9.17) is 0 Å². The van der Waals surface area contributed by atoms with Crippen molar-refractivity contribution in [1.29, 1.82) is 0 Å². The van der Waals surface area contributed by atoms with Crippen molar-refractivity contribution < 1.29 is 19.2 Å². The Labute approximate surface area is 145 Å². The van der Waals surface area contributed by atoms with Gasteiger partial charge < -0.3 is 5.32 Å². The molecule has 3 aliphatic rings. The number of anilines is 1. The van der Waals surface area contributed by atoms with Gasteiger partial charge in [-0.15, -0.1) is 0 Å². The summed E-state index contributed by atoms with van der Waals surface area (Å²) in [6.45, 7) is 1.24. The minimum Gasteiger partial charge on any atom is -0.325 e. The van der Waals surface area contributed by atoms with E-state index in [0.717, 1.165) is 24.2 Å². The number of imide groups is 1. The van der Waals surface area contributed by atoms with E-state index in [9.17, 15) is 19.2 Å². The van der Waals surface area contributed by atoms with Crippen molar-refractivity contribution in [3.8, 4) is 0 Å². The maximum absolute atomic E-state index is 12.6. The summed E-state index contributed by atoms with van der Waals surface area (Å²) in [5.41, 5.74) is 1.10. The van der Waals surface area contributed by atoms with E-state index in [1.165, 1.54) is 6.92 Å². The molecule has 4 rings (SSSR count). The maximum atomic E-state index is 12.6. The van der Waals surface area contributed by atoms with Gasteiger partial charge in [0.2, 0.25) is 17.7 Å². The molecule has 1 heterocycles. The lowest BCUT2D eigenvalue weighted by Gasteiger charge is -2.19. The molecule has 0 spiro atoms. The van der Waals surface area contributed by atoms with Gasteiger partial charge in [-0.1, -0.05) is 0 Å². The van der Waals surface area contributed by atoms with Crippen LogP contribution in [0.2, 0.25) is 0 Å². The number of nitrogens with zero attached hydrogens (tertiary/aromatic N) is 1. The number of ketones is 1. The van der Waals surface area contributed by atoms with Gasteiger partial charge in [-0.3, -0.25) is 24.1 Å². The second-order valence-electron chi connectivity index (χ2n) is 7.33. The molecule has 1 saturated heterocycles. The Kier molecular flexibility index (Phi) is 3.71. The van der Waals surface area contributed by atoms with Crippen LogP contribution in [0.5, 0.6) is 0 Å². The average molecular weight is 340 g/mol. The molecule has 130 valence electrons. The van der Waals surface area contributed by atoms with Crippen LogP contribution in [-0.4, -0.2) is 34.9 Å². The van der Waals surface area contributed by atoms with Crippen molar-refractivity contribution >= 4 is 29.2 Å². The fourth-order valence-corrected chi connectivity index (χ4v) is 4.76. The number of carbonyl (C=O) groups excluding carboxylic acids is 4. The molecule has 0 aromatic heterocycles. The van der Waals surface area contributed by atoms with Gasteiger partial charge in [0.15, 0.2) is 5.78 Å². The summed E-state index contributed by atoms with van der Waals surface area (Å²) >= 11 is 0. The minimum atomic E-state index is -0.399. The van der Waals surface area contributed by atoms with Crippen LogP contribution in [0.15, 0.2) is 24.3 Å². The van der Waals surface area contributed by atoms with Crippen LogP contribution < -0.4 is 5.32 Å². The van der Waals surface area contributed by atoms with Crippen molar-refractivity contribution in [2.45, 2.75) is 26.2 Å². The van der Waals surface area contributed by atoms with Crippen LogP contribution in [0.25, 0.3) is 0 Å². The molecule has 0 radical (unpaired) electrons. The average Bonchev–Trinajstić information content (AvgIpc) is 3.25. The molecule has 1 N–H and O–H groups in total. The lowest BCUT2D eigenvalue weighted by molar-refractivity contribution is -0.143. The lowest BCUT2D eigenvalue weighted by atomic mass is 9.81. The third-order valence-electron chi connectivity index (χ3n) is 5.90. The molecule has 6 heteroatoms. The van der Waals surface area contributed by atoms with Crippen LogP contribution in [0, 0.1) is 23.7 Å². The van der Waals surface area contributed by atoms with E-state index in [1.807, 2.05) is 0 Å². The fraction of sp³-hybridized carbons (Fsp3) is 0.474. The van der Waals surface area contributed by atoms with Crippen molar-refractivity contribution in [2.24, 2.45) is 23.7 Å². The number of amides is 3. The van der Waals surface area contributed by atoms with Gasteiger partial charge in [-0.05, 0) is 62.3 Å². The van der Waals surface area contributed by atoms with Gasteiger partial charge in [0, 0.05) is 11.3 Å². The minimum absolute atomic E-state index is 0.0488. The number of hydrogen-bond acceptors (Lipinski definition) is 4. The summed E-state index contributed by atoms with van der Waals surface area (Å²) in [6, 6.07) is 6.53. The van der Waals surface area contributed by atoms with Gasteiger partial charge >= 0.3 is 0 Å².